The number of aryl methyl sites for hydroxylation is 1. The summed E-state index contributed by atoms with van der Waals surface area (Å²) in [6.07, 6.45) is 1.41. The van der Waals surface area contributed by atoms with Crippen molar-refractivity contribution >= 4 is 55.9 Å². The van der Waals surface area contributed by atoms with Crippen molar-refractivity contribution in [2.75, 3.05) is 16.2 Å². The Bertz CT molecular complexity index is 1280. The number of carbonyl (C=O) groups excluding carboxylic acids is 1. The predicted octanol–water partition coefficient (Wildman–Crippen LogP) is 4.70. The number of nitro benzene ring substituents is 1. The molecule has 0 saturated carbocycles. The number of anilines is 2. The quantitative estimate of drug-likeness (QED) is 0.423. The molecule has 160 valence electrons. The van der Waals surface area contributed by atoms with Crippen molar-refractivity contribution in [1.82, 2.24) is 0 Å². The van der Waals surface area contributed by atoms with E-state index in [-0.39, 0.29) is 20.5 Å². The zero-order valence-corrected chi connectivity index (χ0v) is 18.3. The molecule has 4 rings (SSSR count). The number of hydrogen-bond acceptors (Lipinski definition) is 6. The summed E-state index contributed by atoms with van der Waals surface area (Å²) in [5.74, 6) is -0.628. The second kappa shape index (κ2) is 8.29. The fraction of sp³-hybridized carbons (Fsp3) is 0.150. The van der Waals surface area contributed by atoms with Gasteiger partial charge in [0.15, 0.2) is 0 Å². The Morgan fingerprint density at radius 1 is 1.19 bits per heavy atom. The third-order valence-corrected chi connectivity index (χ3v) is 8.38. The lowest BCUT2D eigenvalue weighted by atomic mass is 10.0. The third kappa shape index (κ3) is 4.14. The standard InChI is InChI=1S/C20H16ClN3O5S2/c21-17-8-7-15(24(26)27)12-16(17)20(25)22-14-6-5-13-3-1-9-23(18(13)11-14)31(28,29)19-4-2-10-30-19/h2,4-8,10-12H,1,3,9H2,(H,22,25). The van der Waals surface area contributed by atoms with Gasteiger partial charge in [0.1, 0.15) is 4.21 Å². The Kier molecular flexibility index (Phi) is 5.69. The Morgan fingerprint density at radius 2 is 2.00 bits per heavy atom. The van der Waals surface area contributed by atoms with Gasteiger partial charge in [-0.2, -0.15) is 0 Å². The number of hydrogen-bond donors (Lipinski definition) is 1. The second-order valence-electron chi connectivity index (χ2n) is 6.83. The van der Waals surface area contributed by atoms with Gasteiger partial charge in [-0.15, -0.1) is 11.3 Å². The number of nitro groups is 1. The third-order valence-electron chi connectivity index (χ3n) is 4.86. The smallest absolute Gasteiger partial charge is 0.273 e. The van der Waals surface area contributed by atoms with Crippen molar-refractivity contribution in [3.05, 3.63) is 80.2 Å². The summed E-state index contributed by atoms with van der Waals surface area (Å²) in [4.78, 5) is 23.1. The van der Waals surface area contributed by atoms with Crippen molar-refractivity contribution in [1.29, 1.82) is 0 Å². The van der Waals surface area contributed by atoms with E-state index in [1.165, 1.54) is 16.4 Å². The number of carbonyl (C=O) groups is 1. The Balaban J connectivity index is 1.66. The van der Waals surface area contributed by atoms with Crippen LogP contribution < -0.4 is 9.62 Å². The van der Waals surface area contributed by atoms with Crippen molar-refractivity contribution in [2.45, 2.75) is 17.1 Å². The van der Waals surface area contributed by atoms with Gasteiger partial charge < -0.3 is 5.32 Å². The van der Waals surface area contributed by atoms with Crippen LogP contribution in [0.2, 0.25) is 5.02 Å². The number of sulfonamides is 1. The molecule has 3 aromatic rings. The summed E-state index contributed by atoms with van der Waals surface area (Å²) in [6.45, 7) is 0.335. The van der Waals surface area contributed by atoms with Crippen molar-refractivity contribution < 1.29 is 18.1 Å². The number of thiophene rings is 1. The van der Waals surface area contributed by atoms with E-state index in [9.17, 15) is 23.3 Å². The summed E-state index contributed by atoms with van der Waals surface area (Å²) in [5, 5.41) is 15.4. The molecule has 0 bridgehead atoms. The highest BCUT2D eigenvalue weighted by Gasteiger charge is 2.30. The van der Waals surface area contributed by atoms with Gasteiger partial charge in [0.2, 0.25) is 0 Å². The van der Waals surface area contributed by atoms with E-state index < -0.39 is 20.9 Å². The minimum atomic E-state index is -3.71. The first-order chi connectivity index (χ1) is 14.8. The highest BCUT2D eigenvalue weighted by Crippen LogP contribution is 2.35. The van der Waals surface area contributed by atoms with Crippen LogP contribution in [0.4, 0.5) is 17.1 Å². The maximum Gasteiger partial charge on any atom is 0.273 e. The minimum absolute atomic E-state index is 0.0448. The van der Waals surface area contributed by atoms with Gasteiger partial charge >= 0.3 is 0 Å². The maximum absolute atomic E-state index is 13.1. The highest BCUT2D eigenvalue weighted by atomic mass is 35.5. The number of nitrogens with one attached hydrogen (secondary N) is 1. The summed E-state index contributed by atoms with van der Waals surface area (Å²) in [5.41, 5.74) is 1.42. The van der Waals surface area contributed by atoms with Crippen LogP contribution in [0.15, 0.2) is 58.1 Å². The fourth-order valence-corrected chi connectivity index (χ4v) is 6.23. The molecule has 0 fully saturated rings. The van der Waals surface area contributed by atoms with Gasteiger partial charge in [-0.1, -0.05) is 23.7 Å². The minimum Gasteiger partial charge on any atom is -0.322 e. The molecular formula is C20H16ClN3O5S2. The van der Waals surface area contributed by atoms with Crippen LogP contribution in [0.3, 0.4) is 0 Å². The molecule has 0 aliphatic carbocycles. The lowest BCUT2D eigenvalue weighted by Crippen LogP contribution is -2.35. The van der Waals surface area contributed by atoms with E-state index in [0.29, 0.717) is 24.3 Å². The van der Waals surface area contributed by atoms with Crippen LogP contribution in [0.1, 0.15) is 22.3 Å². The van der Waals surface area contributed by atoms with Crippen LogP contribution in [-0.2, 0) is 16.4 Å². The predicted molar refractivity (Wildman–Crippen MR) is 120 cm³/mol. The number of fused-ring (bicyclic) bond motifs is 1. The maximum atomic E-state index is 13.1. The average molecular weight is 478 g/mol. The van der Waals surface area contributed by atoms with Crippen LogP contribution in [0, 0.1) is 10.1 Å². The van der Waals surface area contributed by atoms with Crippen LogP contribution >= 0.6 is 22.9 Å². The monoisotopic (exact) mass is 477 g/mol. The van der Waals surface area contributed by atoms with Crippen molar-refractivity contribution in [3.8, 4) is 0 Å². The Hall–Kier alpha value is -2.95. The molecule has 0 unspecified atom stereocenters. The van der Waals surface area contributed by atoms with Crippen molar-refractivity contribution in [2.24, 2.45) is 0 Å². The molecule has 8 nitrogen and oxygen atoms in total. The molecule has 1 aliphatic heterocycles. The summed E-state index contributed by atoms with van der Waals surface area (Å²) >= 11 is 7.19. The molecule has 1 amide bonds. The Labute approximate surface area is 187 Å². The molecule has 1 N–H and O–H groups in total. The number of rotatable bonds is 5. The van der Waals surface area contributed by atoms with E-state index in [4.69, 9.17) is 11.6 Å². The van der Waals surface area contributed by atoms with Gasteiger partial charge in [-0.3, -0.25) is 19.2 Å². The first-order valence-corrected chi connectivity index (χ1v) is 11.9. The average Bonchev–Trinajstić information content (AvgIpc) is 3.29. The van der Waals surface area contributed by atoms with Gasteiger partial charge in [-0.25, -0.2) is 8.42 Å². The number of benzene rings is 2. The molecule has 1 aromatic heterocycles. The number of non-ortho nitro benzene ring substituents is 1. The fourth-order valence-electron chi connectivity index (χ4n) is 3.39. The molecule has 0 spiro atoms. The SMILES string of the molecule is O=C(Nc1ccc2c(c1)N(S(=O)(=O)c1cccs1)CCC2)c1cc([N+](=O)[O-])ccc1Cl. The highest BCUT2D eigenvalue weighted by molar-refractivity contribution is 7.94. The molecule has 0 atom stereocenters. The second-order valence-corrected chi connectivity index (χ2v) is 10.3. The van der Waals surface area contributed by atoms with E-state index in [0.717, 1.165) is 29.4 Å². The van der Waals surface area contributed by atoms with Gasteiger partial charge in [-0.05, 0) is 48.1 Å². The lowest BCUT2D eigenvalue weighted by Gasteiger charge is -2.30. The topological polar surface area (TPSA) is 110 Å². The zero-order chi connectivity index (χ0) is 22.2. The molecular weight excluding hydrogens is 462 g/mol. The van der Waals surface area contributed by atoms with Gasteiger partial charge in [0.25, 0.3) is 21.6 Å². The summed E-state index contributed by atoms with van der Waals surface area (Å²) in [6, 6.07) is 11.9. The van der Waals surface area contributed by atoms with Crippen molar-refractivity contribution in [3.63, 3.8) is 0 Å². The first kappa shape index (κ1) is 21.3. The molecule has 0 radical (unpaired) electrons. The van der Waals surface area contributed by atoms with Crippen LogP contribution in [0.25, 0.3) is 0 Å². The van der Waals surface area contributed by atoms with E-state index >= 15 is 0 Å². The van der Waals surface area contributed by atoms with Gasteiger partial charge in [0, 0.05) is 24.4 Å². The van der Waals surface area contributed by atoms with Gasteiger partial charge in [0.05, 0.1) is 21.2 Å². The molecule has 2 heterocycles. The molecule has 11 heteroatoms. The largest absolute Gasteiger partial charge is 0.322 e. The molecule has 1 aliphatic rings. The molecule has 31 heavy (non-hydrogen) atoms. The van der Waals surface area contributed by atoms with E-state index in [1.54, 1.807) is 35.7 Å². The number of halogens is 1. The van der Waals surface area contributed by atoms with E-state index in [2.05, 4.69) is 5.32 Å². The summed E-state index contributed by atoms with van der Waals surface area (Å²) in [7, 11) is -3.71. The number of amides is 1. The molecule has 2 aromatic carbocycles. The number of nitrogens with zero attached hydrogens (tertiary/aromatic N) is 2. The zero-order valence-electron chi connectivity index (χ0n) is 15.9. The Morgan fingerprint density at radius 3 is 2.71 bits per heavy atom. The normalized spacial score (nSPS) is 13.5. The first-order valence-electron chi connectivity index (χ1n) is 9.22. The summed E-state index contributed by atoms with van der Waals surface area (Å²) < 4.78 is 27.8. The van der Waals surface area contributed by atoms with E-state index in [1.807, 2.05) is 0 Å². The van der Waals surface area contributed by atoms with Crippen LogP contribution in [-0.4, -0.2) is 25.8 Å². The lowest BCUT2D eigenvalue weighted by molar-refractivity contribution is -0.384. The van der Waals surface area contributed by atoms with Crippen LogP contribution in [0.5, 0.6) is 0 Å². The molecule has 0 saturated heterocycles.